The number of alkyl halides is 17. The molecule has 75 heavy (non-hydrogen) atoms. The molecule has 2 saturated heterocycles. The molecule has 0 aliphatic carbocycles. The SMILES string of the molecule is O=C(CCCC[C@@H]1SC[C@@H]2NC(=O)N[C@@H]21)NCCOCCOCCOCCNC(=O)Cc1cc(=O)oc2cc(-c3cn(CCCC(F)(F)C(F)(F)C(F)(F)C(F)(F)C(F)(F)C(F)(F)C(F)(F)C(F)(F)F)nn3)ccc12. The lowest BCUT2D eigenvalue weighted by Gasteiger charge is -2.42. The van der Waals surface area contributed by atoms with Crippen LogP contribution >= 0.6 is 11.8 Å². The van der Waals surface area contributed by atoms with E-state index in [1.807, 2.05) is 11.8 Å². The summed E-state index contributed by atoms with van der Waals surface area (Å²) in [5.74, 6) is -56.7. The summed E-state index contributed by atoms with van der Waals surface area (Å²) in [7, 11) is 0. The van der Waals surface area contributed by atoms with Gasteiger partial charge < -0.3 is 39.9 Å². The summed E-state index contributed by atoms with van der Waals surface area (Å²) < 4.78 is 253. The van der Waals surface area contributed by atoms with Gasteiger partial charge in [0, 0.05) is 60.5 Å². The zero-order chi connectivity index (χ0) is 55.8. The zero-order valence-electron chi connectivity index (χ0n) is 38.6. The predicted molar refractivity (Wildman–Crippen MR) is 228 cm³/mol. The van der Waals surface area contributed by atoms with Crippen molar-refractivity contribution in [2.24, 2.45) is 0 Å². The fourth-order valence-corrected chi connectivity index (χ4v) is 9.10. The van der Waals surface area contributed by atoms with Crippen LogP contribution in [0.1, 0.15) is 44.1 Å². The second-order valence-electron chi connectivity index (χ2n) is 17.0. The Kier molecular flexibility index (Phi) is 19.4. The number of halogens is 17. The van der Waals surface area contributed by atoms with Gasteiger partial charge in [-0.3, -0.25) is 14.3 Å². The molecule has 33 heteroatoms. The third-order valence-electron chi connectivity index (χ3n) is 11.6. The number of hydrogen-bond donors (Lipinski definition) is 4. The van der Waals surface area contributed by atoms with Gasteiger partial charge in [-0.15, -0.1) is 5.10 Å². The van der Waals surface area contributed by atoms with Gasteiger partial charge in [0.15, 0.2) is 0 Å². The Morgan fingerprint density at radius 3 is 1.89 bits per heavy atom. The van der Waals surface area contributed by atoms with Crippen molar-refractivity contribution in [1.82, 2.24) is 36.3 Å². The normalized spacial score (nSPS) is 18.0. The van der Waals surface area contributed by atoms with Gasteiger partial charge in [-0.05, 0) is 30.9 Å². The monoisotopic (exact) mass is 1130 g/mol. The minimum absolute atomic E-state index is 0.0612. The summed E-state index contributed by atoms with van der Waals surface area (Å²) in [5.41, 5.74) is -0.958. The number of hydrogen-bond acceptors (Lipinski definition) is 11. The number of ether oxygens (including phenoxy) is 3. The van der Waals surface area contributed by atoms with E-state index in [1.165, 1.54) is 18.2 Å². The highest BCUT2D eigenvalue weighted by molar-refractivity contribution is 8.00. The van der Waals surface area contributed by atoms with E-state index >= 15 is 0 Å². The quantitative estimate of drug-likeness (QED) is 0.0226. The van der Waals surface area contributed by atoms with Crippen LogP contribution in [0.2, 0.25) is 0 Å². The Balaban J connectivity index is 0.983. The fraction of sp³-hybridized carbons (Fsp3) is 0.667. The lowest BCUT2D eigenvalue weighted by Crippen LogP contribution is -2.74. The fourth-order valence-electron chi connectivity index (χ4n) is 7.56. The van der Waals surface area contributed by atoms with Gasteiger partial charge in [-0.25, -0.2) is 9.59 Å². The van der Waals surface area contributed by atoms with Crippen LogP contribution in [0, 0.1) is 0 Å². The third-order valence-corrected chi connectivity index (χ3v) is 13.2. The van der Waals surface area contributed by atoms with E-state index in [9.17, 15) is 93.8 Å². The van der Waals surface area contributed by atoms with Gasteiger partial charge in [0.2, 0.25) is 11.8 Å². The number of unbranched alkanes of at least 4 members (excludes halogenated alkanes) is 1. The van der Waals surface area contributed by atoms with Crippen LogP contribution in [0.15, 0.2) is 39.7 Å². The maximum Gasteiger partial charge on any atom is 0.460 e. The lowest BCUT2D eigenvalue weighted by atomic mass is 9.88. The molecule has 0 saturated carbocycles. The Hall–Kier alpha value is -5.18. The van der Waals surface area contributed by atoms with Crippen LogP contribution in [0.5, 0.6) is 0 Å². The van der Waals surface area contributed by atoms with E-state index in [1.54, 1.807) is 0 Å². The van der Waals surface area contributed by atoms with E-state index in [-0.39, 0.29) is 104 Å². The molecule has 2 aliphatic heterocycles. The first kappa shape index (κ1) is 60.7. The highest BCUT2D eigenvalue weighted by Crippen LogP contribution is 2.64. The van der Waals surface area contributed by atoms with Crippen LogP contribution in [-0.2, 0) is 36.8 Å². The van der Waals surface area contributed by atoms with E-state index in [0.717, 1.165) is 37.3 Å². The summed E-state index contributed by atoms with van der Waals surface area (Å²) in [5, 5.41) is 18.9. The highest BCUT2D eigenvalue weighted by atomic mass is 32.2. The minimum atomic E-state index is -8.71. The summed E-state index contributed by atoms with van der Waals surface area (Å²) in [4.78, 5) is 48.6. The number of thioether (sulfide) groups is 1. The topological polar surface area (TPSA) is 188 Å². The van der Waals surface area contributed by atoms with E-state index < -0.39 is 78.6 Å². The molecule has 422 valence electrons. The van der Waals surface area contributed by atoms with Gasteiger partial charge in [0.25, 0.3) is 0 Å². The molecule has 1 aromatic carbocycles. The number of carbonyl (C=O) groups excluding carboxylic acids is 3. The van der Waals surface area contributed by atoms with Gasteiger partial charge in [-0.1, -0.05) is 23.8 Å². The molecular formula is C42H46F17N7O8S. The maximum absolute atomic E-state index is 14.4. The molecular weight excluding hydrogens is 1090 g/mol. The highest BCUT2D eigenvalue weighted by Gasteiger charge is 2.95. The van der Waals surface area contributed by atoms with Crippen molar-refractivity contribution in [1.29, 1.82) is 0 Å². The van der Waals surface area contributed by atoms with Crippen LogP contribution in [0.3, 0.4) is 0 Å². The van der Waals surface area contributed by atoms with Gasteiger partial charge >= 0.3 is 59.3 Å². The maximum atomic E-state index is 14.4. The number of amides is 4. The number of nitrogens with zero attached hydrogens (tertiary/aromatic N) is 3. The standard InChI is InChI=1S/C42H46F17N7O8S/c43-35(44,36(45,46)37(47,48)38(49,50)39(51,52)40(53,54)41(55,56)42(57,58)59)8-3-11-66-21-26(64-65-66)23-6-7-25-24(20-32(69)74-28(25)18-23)19-31(68)61-10-13-72-15-17-73-16-14-71-12-9-60-30(67)5-2-1-4-29-33-27(22-75-29)62-34(70)63-33/h6-7,18,20-21,27,29,33H,1-5,8-17,19,22H2,(H,60,67)(H,61,68)(H2,62,63,70)/t27-,29-,33-/m0/s1. The number of carbonyl (C=O) groups is 3. The first-order valence-corrected chi connectivity index (χ1v) is 23.5. The van der Waals surface area contributed by atoms with Gasteiger partial charge in [0.05, 0.1) is 64.3 Å². The average Bonchev–Trinajstić information content (AvgIpc) is 4.04. The number of nitrogens with one attached hydrogen (secondary N) is 4. The molecule has 0 spiro atoms. The minimum Gasteiger partial charge on any atom is -0.423 e. The molecule has 4 amide bonds. The van der Waals surface area contributed by atoms with Crippen molar-refractivity contribution in [3.05, 3.63) is 46.4 Å². The van der Waals surface area contributed by atoms with Crippen LogP contribution in [-0.4, -0.2) is 156 Å². The molecule has 3 atom stereocenters. The van der Waals surface area contributed by atoms with Gasteiger partial charge in [-0.2, -0.15) is 86.4 Å². The van der Waals surface area contributed by atoms with E-state index in [0.29, 0.717) is 22.9 Å². The first-order valence-electron chi connectivity index (χ1n) is 22.4. The number of rotatable bonds is 30. The van der Waals surface area contributed by atoms with Crippen molar-refractivity contribution >= 4 is 40.6 Å². The molecule has 2 aliphatic rings. The zero-order valence-corrected chi connectivity index (χ0v) is 39.4. The molecule has 0 bridgehead atoms. The van der Waals surface area contributed by atoms with Crippen molar-refractivity contribution in [2.75, 3.05) is 58.5 Å². The molecule has 15 nitrogen and oxygen atoms in total. The molecule has 4 N–H and O–H groups in total. The lowest BCUT2D eigenvalue weighted by molar-refractivity contribution is -0.461. The third kappa shape index (κ3) is 13.5. The summed E-state index contributed by atoms with van der Waals surface area (Å²) in [6, 6.07) is 5.07. The second-order valence-corrected chi connectivity index (χ2v) is 18.3. The van der Waals surface area contributed by atoms with E-state index in [2.05, 4.69) is 31.6 Å². The molecule has 3 aromatic rings. The summed E-state index contributed by atoms with van der Waals surface area (Å²) in [6.07, 6.45) is -8.48. The first-order chi connectivity index (χ1) is 34.8. The number of aromatic nitrogens is 3. The van der Waals surface area contributed by atoms with Crippen molar-refractivity contribution in [3.8, 4) is 11.3 Å². The summed E-state index contributed by atoms with van der Waals surface area (Å²) >= 11 is 1.82. The van der Waals surface area contributed by atoms with Crippen LogP contribution in [0.25, 0.3) is 22.2 Å². The van der Waals surface area contributed by atoms with Crippen molar-refractivity contribution in [2.45, 2.75) is 116 Å². The number of benzene rings is 1. The van der Waals surface area contributed by atoms with Crippen molar-refractivity contribution in [3.63, 3.8) is 0 Å². The Bertz CT molecular complexity index is 2500. The second kappa shape index (κ2) is 24.0. The Morgan fingerprint density at radius 1 is 0.707 bits per heavy atom. The Labute approximate surface area is 416 Å². The number of aryl methyl sites for hydroxylation is 1. The largest absolute Gasteiger partial charge is 0.460 e. The number of urea groups is 1. The van der Waals surface area contributed by atoms with Crippen LogP contribution < -0.4 is 26.9 Å². The van der Waals surface area contributed by atoms with Gasteiger partial charge in [0.1, 0.15) is 11.3 Å². The van der Waals surface area contributed by atoms with Crippen LogP contribution in [0.4, 0.5) is 79.4 Å². The summed E-state index contributed by atoms with van der Waals surface area (Å²) in [6.45, 7) is 0.654. The number of fused-ring (bicyclic) bond motifs is 2. The molecule has 5 rings (SSSR count). The molecule has 4 heterocycles. The smallest absolute Gasteiger partial charge is 0.423 e. The average molecular weight is 1130 g/mol. The van der Waals surface area contributed by atoms with E-state index in [4.69, 9.17) is 18.6 Å². The molecule has 0 radical (unpaired) electrons. The molecule has 0 unspecified atom stereocenters. The van der Waals surface area contributed by atoms with Crippen molar-refractivity contribution < 1.29 is 108 Å². The predicted octanol–water partition coefficient (Wildman–Crippen LogP) is 7.39. The molecule has 2 fully saturated rings. The Morgan fingerprint density at radius 2 is 1.28 bits per heavy atom. The molecule has 2 aromatic heterocycles.